The molecule has 4 atom stereocenters. The molecule has 4 unspecified atom stereocenters. The second kappa shape index (κ2) is 1.44. The van der Waals surface area contributed by atoms with E-state index in [-0.39, 0.29) is 0 Å². The van der Waals surface area contributed by atoms with Crippen molar-refractivity contribution >= 4 is 0 Å². The minimum atomic E-state index is 0.944. The quantitative estimate of drug-likeness (QED) is 0.480. The zero-order valence-electron chi connectivity index (χ0n) is 6.77. The summed E-state index contributed by atoms with van der Waals surface area (Å²) in [5.41, 5.74) is 0.944. The Morgan fingerprint density at radius 1 is 1.20 bits per heavy atom. The molecule has 0 heteroatoms. The standard InChI is InChI=1S/C10H16/c1-7-6-10-5-4-8(10)2-3-9(7)10/h7-9H,2-6H2,1H3. The maximum absolute atomic E-state index is 2.45. The van der Waals surface area contributed by atoms with Crippen LogP contribution >= 0.6 is 0 Å². The molecule has 0 nitrogen and oxygen atoms in total. The summed E-state index contributed by atoms with van der Waals surface area (Å²) in [5, 5.41) is 0. The zero-order valence-corrected chi connectivity index (χ0v) is 6.77. The maximum atomic E-state index is 2.45. The topological polar surface area (TPSA) is 0 Å². The van der Waals surface area contributed by atoms with Gasteiger partial charge in [-0.1, -0.05) is 6.92 Å². The van der Waals surface area contributed by atoms with Crippen LogP contribution in [-0.2, 0) is 0 Å². The number of hydrogen-bond acceptors (Lipinski definition) is 0. The van der Waals surface area contributed by atoms with Gasteiger partial charge in [0.25, 0.3) is 0 Å². The maximum Gasteiger partial charge on any atom is -0.0236 e. The molecule has 3 aliphatic carbocycles. The summed E-state index contributed by atoms with van der Waals surface area (Å²) < 4.78 is 0. The molecule has 0 heterocycles. The van der Waals surface area contributed by atoms with Crippen LogP contribution < -0.4 is 0 Å². The molecule has 0 saturated heterocycles. The van der Waals surface area contributed by atoms with Crippen molar-refractivity contribution < 1.29 is 0 Å². The van der Waals surface area contributed by atoms with Crippen molar-refractivity contribution in [2.75, 3.05) is 0 Å². The summed E-state index contributed by atoms with van der Waals surface area (Å²) in [6.45, 7) is 2.45. The number of hydrogen-bond donors (Lipinski definition) is 0. The normalized spacial score (nSPS) is 63.9. The molecular weight excluding hydrogens is 120 g/mol. The van der Waals surface area contributed by atoms with Gasteiger partial charge in [0.15, 0.2) is 0 Å². The van der Waals surface area contributed by atoms with Gasteiger partial charge in [0.1, 0.15) is 0 Å². The smallest absolute Gasteiger partial charge is 0.0236 e. The highest BCUT2D eigenvalue weighted by atomic mass is 14.7. The fourth-order valence-corrected chi connectivity index (χ4v) is 4.16. The first-order valence-electron chi connectivity index (χ1n) is 4.83. The van der Waals surface area contributed by atoms with Gasteiger partial charge in [0, 0.05) is 0 Å². The average Bonchev–Trinajstić information content (AvgIpc) is 2.05. The SMILES string of the molecule is CC1CC23CCC2CCC13. The molecule has 0 aromatic carbocycles. The Balaban J connectivity index is 1.92. The molecule has 0 aliphatic heterocycles. The largest absolute Gasteiger partial charge is 0.0622 e. The molecule has 1 spiro atoms. The van der Waals surface area contributed by atoms with Gasteiger partial charge in [-0.2, -0.15) is 0 Å². The highest BCUT2D eigenvalue weighted by Gasteiger charge is 2.63. The predicted octanol–water partition coefficient (Wildman–Crippen LogP) is 2.83. The van der Waals surface area contributed by atoms with E-state index in [4.69, 9.17) is 0 Å². The molecule has 3 fully saturated rings. The first-order chi connectivity index (χ1) is 4.83. The van der Waals surface area contributed by atoms with Crippen LogP contribution in [0.25, 0.3) is 0 Å². The molecular formula is C10H16. The van der Waals surface area contributed by atoms with E-state index in [2.05, 4.69) is 6.92 Å². The lowest BCUT2D eigenvalue weighted by Gasteiger charge is -2.60. The molecule has 3 rings (SSSR count). The predicted molar refractivity (Wildman–Crippen MR) is 41.7 cm³/mol. The fourth-order valence-electron chi connectivity index (χ4n) is 4.16. The Bertz CT molecular complexity index is 173. The van der Waals surface area contributed by atoms with Crippen molar-refractivity contribution in [1.29, 1.82) is 0 Å². The molecule has 0 aromatic rings. The van der Waals surface area contributed by atoms with E-state index in [1.165, 1.54) is 11.8 Å². The fraction of sp³-hybridized carbons (Fsp3) is 1.00. The summed E-state index contributed by atoms with van der Waals surface area (Å²) in [6, 6.07) is 0. The van der Waals surface area contributed by atoms with Crippen molar-refractivity contribution in [2.45, 2.75) is 39.0 Å². The minimum absolute atomic E-state index is 0.944. The van der Waals surface area contributed by atoms with Crippen LogP contribution in [-0.4, -0.2) is 0 Å². The van der Waals surface area contributed by atoms with E-state index in [9.17, 15) is 0 Å². The van der Waals surface area contributed by atoms with Gasteiger partial charge in [-0.15, -0.1) is 0 Å². The monoisotopic (exact) mass is 136 g/mol. The van der Waals surface area contributed by atoms with E-state index in [0.29, 0.717) is 0 Å². The van der Waals surface area contributed by atoms with Crippen molar-refractivity contribution in [1.82, 2.24) is 0 Å². The van der Waals surface area contributed by atoms with Gasteiger partial charge >= 0.3 is 0 Å². The third kappa shape index (κ3) is 0.383. The molecule has 56 valence electrons. The summed E-state index contributed by atoms with van der Waals surface area (Å²) in [6.07, 6.45) is 7.90. The Kier molecular flexibility index (Phi) is 0.810. The summed E-state index contributed by atoms with van der Waals surface area (Å²) in [4.78, 5) is 0. The van der Waals surface area contributed by atoms with Crippen molar-refractivity contribution in [3.63, 3.8) is 0 Å². The first kappa shape index (κ1) is 5.62. The lowest BCUT2D eigenvalue weighted by molar-refractivity contribution is -0.106. The average molecular weight is 136 g/mol. The molecule has 0 amide bonds. The summed E-state index contributed by atoms with van der Waals surface area (Å²) in [7, 11) is 0. The van der Waals surface area contributed by atoms with Crippen molar-refractivity contribution in [3.05, 3.63) is 0 Å². The van der Waals surface area contributed by atoms with Crippen LogP contribution in [0.2, 0.25) is 0 Å². The van der Waals surface area contributed by atoms with Crippen LogP contribution in [0.3, 0.4) is 0 Å². The van der Waals surface area contributed by atoms with E-state index < -0.39 is 0 Å². The van der Waals surface area contributed by atoms with Gasteiger partial charge in [-0.05, 0) is 55.3 Å². The first-order valence-corrected chi connectivity index (χ1v) is 4.83. The van der Waals surface area contributed by atoms with E-state index in [1.54, 1.807) is 32.1 Å². The number of rotatable bonds is 0. The Morgan fingerprint density at radius 3 is 2.60 bits per heavy atom. The Hall–Kier alpha value is 0. The molecule has 3 aliphatic rings. The molecule has 3 saturated carbocycles. The van der Waals surface area contributed by atoms with Gasteiger partial charge in [-0.3, -0.25) is 0 Å². The Morgan fingerprint density at radius 2 is 2.10 bits per heavy atom. The summed E-state index contributed by atoms with van der Waals surface area (Å²) >= 11 is 0. The molecule has 0 bridgehead atoms. The van der Waals surface area contributed by atoms with Gasteiger partial charge in [0.2, 0.25) is 0 Å². The molecule has 0 radical (unpaired) electrons. The van der Waals surface area contributed by atoms with Crippen molar-refractivity contribution in [3.8, 4) is 0 Å². The van der Waals surface area contributed by atoms with Gasteiger partial charge in [-0.25, -0.2) is 0 Å². The third-order valence-corrected chi connectivity index (χ3v) is 4.72. The van der Waals surface area contributed by atoms with E-state index in [1.807, 2.05) is 0 Å². The van der Waals surface area contributed by atoms with Crippen LogP contribution in [0, 0.1) is 23.2 Å². The second-order valence-electron chi connectivity index (χ2n) is 4.83. The lowest BCUT2D eigenvalue weighted by Crippen LogP contribution is -2.52. The molecule has 10 heavy (non-hydrogen) atoms. The highest BCUT2D eigenvalue weighted by Crippen LogP contribution is 2.72. The second-order valence-corrected chi connectivity index (χ2v) is 4.83. The van der Waals surface area contributed by atoms with Crippen LogP contribution in [0.1, 0.15) is 39.0 Å². The van der Waals surface area contributed by atoms with Crippen LogP contribution in [0.4, 0.5) is 0 Å². The minimum Gasteiger partial charge on any atom is -0.0622 e. The van der Waals surface area contributed by atoms with Crippen LogP contribution in [0.15, 0.2) is 0 Å². The van der Waals surface area contributed by atoms with Crippen LogP contribution in [0.5, 0.6) is 0 Å². The van der Waals surface area contributed by atoms with Gasteiger partial charge in [0.05, 0.1) is 0 Å². The highest BCUT2D eigenvalue weighted by molar-refractivity contribution is 5.12. The Labute approximate surface area is 63.0 Å². The summed E-state index contributed by atoms with van der Waals surface area (Å²) in [5.74, 6) is 3.45. The molecule has 0 aromatic heterocycles. The van der Waals surface area contributed by atoms with Gasteiger partial charge < -0.3 is 0 Å². The van der Waals surface area contributed by atoms with Crippen molar-refractivity contribution in [2.24, 2.45) is 23.2 Å². The zero-order chi connectivity index (χ0) is 6.77. The van der Waals surface area contributed by atoms with E-state index >= 15 is 0 Å². The van der Waals surface area contributed by atoms with E-state index in [0.717, 1.165) is 11.3 Å². The molecule has 0 N–H and O–H groups in total. The third-order valence-electron chi connectivity index (χ3n) is 4.72. The lowest BCUT2D eigenvalue weighted by atomic mass is 9.45.